The summed E-state index contributed by atoms with van der Waals surface area (Å²) < 4.78 is 18.6. The Labute approximate surface area is 164 Å². The minimum atomic E-state index is -0.616. The highest BCUT2D eigenvalue weighted by molar-refractivity contribution is 5.93. The van der Waals surface area contributed by atoms with Crippen molar-refractivity contribution in [2.45, 2.75) is 45.6 Å². The van der Waals surface area contributed by atoms with Crippen molar-refractivity contribution >= 4 is 23.5 Å². The summed E-state index contributed by atoms with van der Waals surface area (Å²) >= 11 is 0. The molecule has 4 atom stereocenters. The molecule has 0 spiro atoms. The van der Waals surface area contributed by atoms with Crippen LogP contribution in [0.25, 0.3) is 0 Å². The molecule has 0 aromatic heterocycles. The van der Waals surface area contributed by atoms with Gasteiger partial charge in [-0.05, 0) is 30.4 Å². The summed E-state index contributed by atoms with van der Waals surface area (Å²) in [6, 6.07) is 5.93. The van der Waals surface area contributed by atoms with Gasteiger partial charge in [0.05, 0.1) is 11.6 Å². The molecule has 2 aliphatic rings. The van der Waals surface area contributed by atoms with Gasteiger partial charge in [0.15, 0.2) is 6.61 Å². The number of benzene rings is 1. The molecule has 0 bridgehead atoms. The maximum atomic E-state index is 13.6. The van der Waals surface area contributed by atoms with Crippen LogP contribution in [0.1, 0.15) is 39.5 Å². The van der Waals surface area contributed by atoms with Gasteiger partial charge in [0, 0.05) is 19.0 Å². The van der Waals surface area contributed by atoms with Crippen LogP contribution in [0.5, 0.6) is 0 Å². The zero-order valence-electron chi connectivity index (χ0n) is 16.3. The van der Waals surface area contributed by atoms with Crippen LogP contribution in [-0.2, 0) is 19.1 Å². The van der Waals surface area contributed by atoms with Crippen molar-refractivity contribution in [1.29, 1.82) is 0 Å². The third-order valence-corrected chi connectivity index (χ3v) is 6.05. The second kappa shape index (κ2) is 8.71. The lowest BCUT2D eigenvalue weighted by Crippen LogP contribution is -2.45. The number of nitrogens with one attached hydrogen (secondary N) is 1. The average molecular weight is 390 g/mol. The van der Waals surface area contributed by atoms with Crippen LogP contribution in [0.15, 0.2) is 24.3 Å². The smallest absolute Gasteiger partial charge is 0.311 e. The standard InChI is InChI=1S/C21H27FN2O4/c1-13-6-5-9-18(14(13)2)24-11-15(10-20(24)26)21(27)28-12-19(25)23-17-8-4-3-7-16(17)22/h3-4,7-8,13-15,18H,5-6,9-12H2,1-2H3,(H,23,25)/t13-,14+,15+,18-/m0/s1. The van der Waals surface area contributed by atoms with Crippen molar-refractivity contribution in [3.05, 3.63) is 30.1 Å². The average Bonchev–Trinajstić information content (AvgIpc) is 3.05. The molecule has 0 unspecified atom stereocenters. The lowest BCUT2D eigenvalue weighted by atomic mass is 9.77. The molecular formula is C21H27FN2O4. The highest BCUT2D eigenvalue weighted by Crippen LogP contribution is 2.35. The summed E-state index contributed by atoms with van der Waals surface area (Å²) in [6.07, 6.45) is 3.34. The number of carbonyl (C=O) groups is 3. The van der Waals surface area contributed by atoms with E-state index in [1.165, 1.54) is 24.6 Å². The Bertz CT molecular complexity index is 754. The van der Waals surface area contributed by atoms with Gasteiger partial charge in [0.2, 0.25) is 5.91 Å². The van der Waals surface area contributed by atoms with E-state index in [0.29, 0.717) is 18.4 Å². The lowest BCUT2D eigenvalue weighted by Gasteiger charge is -2.39. The second-order valence-electron chi connectivity index (χ2n) is 7.92. The Morgan fingerprint density at radius 3 is 2.75 bits per heavy atom. The van der Waals surface area contributed by atoms with Crippen molar-refractivity contribution in [2.24, 2.45) is 17.8 Å². The number of nitrogens with zero attached hydrogens (tertiary/aromatic N) is 1. The number of likely N-dealkylation sites (tertiary alicyclic amines) is 1. The zero-order valence-corrected chi connectivity index (χ0v) is 16.3. The van der Waals surface area contributed by atoms with E-state index >= 15 is 0 Å². The molecule has 7 heteroatoms. The number of rotatable bonds is 5. The summed E-state index contributed by atoms with van der Waals surface area (Å²) in [6.45, 7) is 4.21. The topological polar surface area (TPSA) is 75.7 Å². The van der Waals surface area contributed by atoms with Crippen LogP contribution in [0, 0.1) is 23.6 Å². The largest absolute Gasteiger partial charge is 0.455 e. The molecule has 1 saturated carbocycles. The minimum absolute atomic E-state index is 0.0243. The summed E-state index contributed by atoms with van der Waals surface area (Å²) in [5.74, 6) is -1.36. The lowest BCUT2D eigenvalue weighted by molar-refractivity contribution is -0.151. The fourth-order valence-electron chi connectivity index (χ4n) is 4.21. The van der Waals surface area contributed by atoms with Gasteiger partial charge in [-0.15, -0.1) is 0 Å². The molecule has 1 aromatic rings. The molecule has 1 aliphatic heterocycles. The van der Waals surface area contributed by atoms with Gasteiger partial charge in [-0.3, -0.25) is 14.4 Å². The number of para-hydroxylation sites is 1. The summed E-state index contributed by atoms with van der Waals surface area (Å²) in [5.41, 5.74) is 0.0335. The Kier molecular flexibility index (Phi) is 6.31. The van der Waals surface area contributed by atoms with Gasteiger partial charge in [-0.2, -0.15) is 0 Å². The van der Waals surface area contributed by atoms with E-state index in [1.807, 2.05) is 4.90 Å². The molecule has 1 aromatic carbocycles. The molecule has 3 rings (SSSR count). The molecule has 2 amide bonds. The van der Waals surface area contributed by atoms with Gasteiger partial charge in [-0.1, -0.05) is 38.8 Å². The number of hydrogen-bond donors (Lipinski definition) is 1. The Hall–Kier alpha value is -2.44. The van der Waals surface area contributed by atoms with Crippen LogP contribution < -0.4 is 5.32 Å². The van der Waals surface area contributed by atoms with Gasteiger partial charge >= 0.3 is 5.97 Å². The molecule has 1 saturated heterocycles. The predicted molar refractivity (Wildman–Crippen MR) is 102 cm³/mol. The number of halogens is 1. The van der Waals surface area contributed by atoms with Crippen LogP contribution in [0.2, 0.25) is 0 Å². The molecule has 6 nitrogen and oxygen atoms in total. The van der Waals surface area contributed by atoms with E-state index in [-0.39, 0.29) is 24.1 Å². The molecular weight excluding hydrogens is 363 g/mol. The van der Waals surface area contributed by atoms with E-state index in [1.54, 1.807) is 6.07 Å². The van der Waals surface area contributed by atoms with Gasteiger partial charge in [-0.25, -0.2) is 4.39 Å². The zero-order chi connectivity index (χ0) is 20.3. The Morgan fingerprint density at radius 2 is 2.00 bits per heavy atom. The Morgan fingerprint density at radius 1 is 1.25 bits per heavy atom. The maximum absolute atomic E-state index is 13.6. The van der Waals surface area contributed by atoms with E-state index in [9.17, 15) is 18.8 Å². The predicted octanol–water partition coefficient (Wildman–Crippen LogP) is 2.98. The number of ether oxygens (including phenoxy) is 1. The first kappa shape index (κ1) is 20.3. The first-order valence-corrected chi connectivity index (χ1v) is 9.87. The SMILES string of the molecule is C[C@@H]1[C@@H](C)CCC[C@@H]1N1C[C@H](C(=O)OCC(=O)Nc2ccccc2F)CC1=O. The minimum Gasteiger partial charge on any atom is -0.455 e. The van der Waals surface area contributed by atoms with Gasteiger partial charge in [0.25, 0.3) is 5.91 Å². The highest BCUT2D eigenvalue weighted by atomic mass is 19.1. The molecule has 28 heavy (non-hydrogen) atoms. The molecule has 2 fully saturated rings. The van der Waals surface area contributed by atoms with Crippen LogP contribution in [0.4, 0.5) is 10.1 Å². The van der Waals surface area contributed by atoms with E-state index in [0.717, 1.165) is 12.8 Å². The van der Waals surface area contributed by atoms with Crippen molar-refractivity contribution in [2.75, 3.05) is 18.5 Å². The quantitative estimate of drug-likeness (QED) is 0.785. The van der Waals surface area contributed by atoms with Gasteiger partial charge in [0.1, 0.15) is 5.82 Å². The summed E-state index contributed by atoms with van der Waals surface area (Å²) in [4.78, 5) is 38.5. The highest BCUT2D eigenvalue weighted by Gasteiger charge is 2.42. The summed E-state index contributed by atoms with van der Waals surface area (Å²) in [7, 11) is 0. The number of hydrogen-bond acceptors (Lipinski definition) is 4. The van der Waals surface area contributed by atoms with E-state index in [2.05, 4.69) is 19.2 Å². The summed E-state index contributed by atoms with van der Waals surface area (Å²) in [5, 5.41) is 2.37. The molecule has 1 N–H and O–H groups in total. The first-order valence-electron chi connectivity index (χ1n) is 9.87. The normalized spacial score (nSPS) is 27.5. The number of amides is 2. The first-order chi connectivity index (χ1) is 13.4. The fraction of sp³-hybridized carbons (Fsp3) is 0.571. The fourth-order valence-corrected chi connectivity index (χ4v) is 4.21. The third-order valence-electron chi connectivity index (χ3n) is 6.05. The number of anilines is 1. The molecule has 1 aliphatic carbocycles. The van der Waals surface area contributed by atoms with Crippen molar-refractivity contribution in [1.82, 2.24) is 4.90 Å². The van der Waals surface area contributed by atoms with Crippen molar-refractivity contribution < 1.29 is 23.5 Å². The van der Waals surface area contributed by atoms with Crippen LogP contribution in [0.3, 0.4) is 0 Å². The van der Waals surface area contributed by atoms with Gasteiger partial charge < -0.3 is 15.0 Å². The Balaban J connectivity index is 1.50. The van der Waals surface area contributed by atoms with Crippen LogP contribution >= 0.6 is 0 Å². The molecule has 0 radical (unpaired) electrons. The van der Waals surface area contributed by atoms with E-state index in [4.69, 9.17) is 4.74 Å². The molecule has 152 valence electrons. The van der Waals surface area contributed by atoms with Crippen molar-refractivity contribution in [3.63, 3.8) is 0 Å². The van der Waals surface area contributed by atoms with E-state index < -0.39 is 30.2 Å². The number of carbonyl (C=O) groups excluding carboxylic acids is 3. The van der Waals surface area contributed by atoms with Crippen LogP contribution in [-0.4, -0.2) is 41.9 Å². The maximum Gasteiger partial charge on any atom is 0.311 e. The number of esters is 1. The second-order valence-corrected chi connectivity index (χ2v) is 7.92. The third kappa shape index (κ3) is 4.51. The monoisotopic (exact) mass is 390 g/mol. The molecule has 1 heterocycles. The van der Waals surface area contributed by atoms with Crippen molar-refractivity contribution in [3.8, 4) is 0 Å².